The number of nitrogens with zero attached hydrogens (tertiary/aromatic N) is 3. The fourth-order valence-electron chi connectivity index (χ4n) is 9.22. The topological polar surface area (TPSA) is 82.1 Å². The molecule has 0 spiro atoms. The van der Waals surface area contributed by atoms with Gasteiger partial charge in [0.25, 0.3) is 0 Å². The average molecular weight is 440 g/mol. The van der Waals surface area contributed by atoms with E-state index in [4.69, 9.17) is 5.26 Å². The highest BCUT2D eigenvalue weighted by Gasteiger charge is 2.61. The molecule has 5 heteroatoms. The maximum absolute atomic E-state index is 11.7. The van der Waals surface area contributed by atoms with Gasteiger partial charge in [0.15, 0.2) is 0 Å². The Kier molecular flexibility index (Phi) is 5.30. The van der Waals surface area contributed by atoms with Crippen LogP contribution < -0.4 is 0 Å². The minimum Gasteiger partial charge on any atom is -0.390 e. The third-order valence-electron chi connectivity index (χ3n) is 10.9. The van der Waals surface area contributed by atoms with Gasteiger partial charge >= 0.3 is 0 Å². The van der Waals surface area contributed by atoms with Crippen LogP contribution in [0.2, 0.25) is 0 Å². The van der Waals surface area contributed by atoms with Gasteiger partial charge in [-0.2, -0.15) is 10.4 Å². The van der Waals surface area contributed by atoms with Gasteiger partial charge in [0.05, 0.1) is 29.5 Å². The molecule has 4 aliphatic carbocycles. The number of aliphatic hydroxyl groups is 2. The maximum Gasteiger partial charge on any atom is 0.102 e. The van der Waals surface area contributed by atoms with Crippen molar-refractivity contribution in [2.24, 2.45) is 46.8 Å². The van der Waals surface area contributed by atoms with Crippen LogP contribution in [-0.4, -0.2) is 31.2 Å². The molecule has 2 N–H and O–H groups in total. The largest absolute Gasteiger partial charge is 0.390 e. The summed E-state index contributed by atoms with van der Waals surface area (Å²) < 4.78 is 1.75. The molecule has 0 saturated heterocycles. The summed E-state index contributed by atoms with van der Waals surface area (Å²) in [4.78, 5) is 0. The zero-order chi connectivity index (χ0) is 22.9. The lowest BCUT2D eigenvalue weighted by atomic mass is 9.47. The molecule has 1 aromatic heterocycles. The molecule has 32 heavy (non-hydrogen) atoms. The monoisotopic (exact) mass is 439 g/mol. The predicted octanol–water partition coefficient (Wildman–Crippen LogP) is 4.77. The quantitative estimate of drug-likeness (QED) is 0.711. The van der Waals surface area contributed by atoms with Crippen molar-refractivity contribution >= 4 is 0 Å². The van der Waals surface area contributed by atoms with Crippen LogP contribution in [0, 0.1) is 58.2 Å². The van der Waals surface area contributed by atoms with Gasteiger partial charge < -0.3 is 10.2 Å². The number of aromatic nitrogens is 2. The van der Waals surface area contributed by atoms with E-state index in [0.717, 1.165) is 30.6 Å². The molecule has 1 aromatic rings. The smallest absolute Gasteiger partial charge is 0.102 e. The molecule has 5 rings (SSSR count). The summed E-state index contributed by atoms with van der Waals surface area (Å²) in [6.07, 6.45) is 12.9. The number of nitriles is 1. The molecule has 4 saturated carbocycles. The summed E-state index contributed by atoms with van der Waals surface area (Å²) in [6.45, 7) is 9.22. The van der Waals surface area contributed by atoms with E-state index in [2.05, 4.69) is 31.9 Å². The van der Waals surface area contributed by atoms with Gasteiger partial charge in [-0.25, -0.2) is 0 Å². The van der Waals surface area contributed by atoms with Gasteiger partial charge in [0, 0.05) is 6.20 Å². The lowest BCUT2D eigenvalue weighted by molar-refractivity contribution is -0.138. The van der Waals surface area contributed by atoms with Crippen LogP contribution in [-0.2, 0) is 6.54 Å². The molecule has 10 atom stereocenters. The minimum absolute atomic E-state index is 0.175. The van der Waals surface area contributed by atoms with Gasteiger partial charge in [-0.3, -0.25) is 4.68 Å². The number of fused-ring (bicyclic) bond motifs is 5. The van der Waals surface area contributed by atoms with Gasteiger partial charge in [0.1, 0.15) is 6.07 Å². The van der Waals surface area contributed by atoms with Gasteiger partial charge in [-0.05, 0) is 112 Å². The second-order valence-corrected chi connectivity index (χ2v) is 12.7. The van der Waals surface area contributed by atoms with Crippen LogP contribution in [0.3, 0.4) is 0 Å². The third-order valence-corrected chi connectivity index (χ3v) is 10.9. The maximum atomic E-state index is 11.7. The summed E-state index contributed by atoms with van der Waals surface area (Å²) in [5, 5.41) is 36.0. The second kappa shape index (κ2) is 7.57. The van der Waals surface area contributed by atoms with E-state index in [1.807, 2.05) is 6.92 Å². The van der Waals surface area contributed by atoms with Crippen molar-refractivity contribution < 1.29 is 10.2 Å². The lowest BCUT2D eigenvalue weighted by Gasteiger charge is -2.58. The molecule has 4 aliphatic rings. The van der Waals surface area contributed by atoms with Crippen LogP contribution in [0.25, 0.3) is 0 Å². The first-order valence-electron chi connectivity index (χ1n) is 12.9. The van der Waals surface area contributed by atoms with E-state index in [9.17, 15) is 10.2 Å². The van der Waals surface area contributed by atoms with Gasteiger partial charge in [0.2, 0.25) is 0 Å². The van der Waals surface area contributed by atoms with Crippen molar-refractivity contribution in [2.75, 3.05) is 0 Å². The van der Waals surface area contributed by atoms with Crippen LogP contribution in [0.4, 0.5) is 0 Å². The molecular formula is C27H41N3O2. The molecule has 4 fully saturated rings. The molecule has 176 valence electrons. The van der Waals surface area contributed by atoms with Crippen LogP contribution in [0.15, 0.2) is 12.4 Å². The number of rotatable bonds is 3. The Morgan fingerprint density at radius 1 is 1.19 bits per heavy atom. The minimum atomic E-state index is -0.829. The average Bonchev–Trinajstić information content (AvgIpc) is 3.32. The van der Waals surface area contributed by atoms with Crippen LogP contribution >= 0.6 is 0 Å². The van der Waals surface area contributed by atoms with E-state index in [-0.39, 0.29) is 11.3 Å². The van der Waals surface area contributed by atoms with Crippen molar-refractivity contribution in [2.45, 2.75) is 96.8 Å². The SMILES string of the molecule is C[C@H]1C[C@H]2[C@H](CC[C@@H]3[C@@H]2CC[C@@]2(C)[C@H]3CC[C@@H]2[C@](C)(O)Cn2cc(C#N)cn2)C[C@]1(C)O. The first-order valence-corrected chi connectivity index (χ1v) is 12.9. The molecule has 0 aromatic carbocycles. The van der Waals surface area contributed by atoms with Crippen LogP contribution in [0.1, 0.15) is 84.6 Å². The first kappa shape index (κ1) is 22.4. The zero-order valence-electron chi connectivity index (χ0n) is 20.3. The van der Waals surface area contributed by atoms with Gasteiger partial charge in [-0.15, -0.1) is 0 Å². The normalized spacial score (nSPS) is 47.6. The van der Waals surface area contributed by atoms with E-state index in [1.54, 1.807) is 17.1 Å². The lowest BCUT2D eigenvalue weighted by Crippen LogP contribution is -2.54. The van der Waals surface area contributed by atoms with Crippen molar-refractivity contribution in [1.29, 1.82) is 5.26 Å². The Hall–Kier alpha value is -1.38. The summed E-state index contributed by atoms with van der Waals surface area (Å²) in [6, 6.07) is 2.14. The van der Waals surface area contributed by atoms with Crippen molar-refractivity contribution in [3.63, 3.8) is 0 Å². The van der Waals surface area contributed by atoms with Crippen LogP contribution in [0.5, 0.6) is 0 Å². The van der Waals surface area contributed by atoms with Crippen molar-refractivity contribution in [3.8, 4) is 6.07 Å². The molecule has 5 nitrogen and oxygen atoms in total. The first-order chi connectivity index (χ1) is 15.0. The predicted molar refractivity (Wildman–Crippen MR) is 123 cm³/mol. The molecule has 0 radical (unpaired) electrons. The molecule has 0 aliphatic heterocycles. The highest BCUT2D eigenvalue weighted by Crippen LogP contribution is 2.66. The number of hydrogen-bond acceptors (Lipinski definition) is 4. The van der Waals surface area contributed by atoms with E-state index >= 15 is 0 Å². The standard InChI is InChI=1S/C27H41N3O2/c1-17-11-22-19(12-26(17,3)31)5-6-21-20(22)9-10-25(2)23(21)7-8-24(25)27(4,32)16-30-15-18(13-28)14-29-30/h14-15,17,19-24,31-32H,5-12,16H2,1-4H3/t17-,19+,20-,21+,22-,23-,24-,25-,26-,27+/m0/s1. The van der Waals surface area contributed by atoms with Gasteiger partial charge in [-0.1, -0.05) is 13.8 Å². The Morgan fingerprint density at radius 2 is 1.97 bits per heavy atom. The van der Waals surface area contributed by atoms with E-state index < -0.39 is 11.2 Å². The van der Waals surface area contributed by atoms with Crippen molar-refractivity contribution in [3.05, 3.63) is 18.0 Å². The van der Waals surface area contributed by atoms with Crippen molar-refractivity contribution in [1.82, 2.24) is 9.78 Å². The van der Waals surface area contributed by atoms with E-state index in [0.29, 0.717) is 29.9 Å². The summed E-state index contributed by atoms with van der Waals surface area (Å²) in [7, 11) is 0. The summed E-state index contributed by atoms with van der Waals surface area (Å²) in [5.74, 6) is 4.41. The Morgan fingerprint density at radius 3 is 2.69 bits per heavy atom. The second-order valence-electron chi connectivity index (χ2n) is 12.7. The Bertz CT molecular complexity index is 899. The highest BCUT2D eigenvalue weighted by atomic mass is 16.3. The Balaban J connectivity index is 1.34. The van der Waals surface area contributed by atoms with E-state index in [1.165, 1.54) is 38.5 Å². The number of hydrogen-bond donors (Lipinski definition) is 2. The fraction of sp³-hybridized carbons (Fsp3) is 0.852. The zero-order valence-corrected chi connectivity index (χ0v) is 20.3. The molecule has 0 amide bonds. The summed E-state index contributed by atoms with van der Waals surface area (Å²) in [5.41, 5.74) is -0.597. The fourth-order valence-corrected chi connectivity index (χ4v) is 9.22. The highest BCUT2D eigenvalue weighted by molar-refractivity contribution is 5.21. The third kappa shape index (κ3) is 3.44. The molecule has 1 heterocycles. The molecular weight excluding hydrogens is 398 g/mol. The molecule has 0 bridgehead atoms. The Labute approximate surface area is 193 Å². The summed E-state index contributed by atoms with van der Waals surface area (Å²) >= 11 is 0. The molecule has 0 unspecified atom stereocenters.